The minimum atomic E-state index is -3.27. The molecule has 45 heavy (non-hydrogen) atoms. The van der Waals surface area contributed by atoms with Gasteiger partial charge in [0.15, 0.2) is 11.6 Å². The van der Waals surface area contributed by atoms with Gasteiger partial charge in [0.25, 0.3) is 5.79 Å². The van der Waals surface area contributed by atoms with Crippen LogP contribution in [0.4, 0.5) is 0 Å². The molecule has 0 radical (unpaired) electrons. The van der Waals surface area contributed by atoms with E-state index in [-0.39, 0.29) is 25.7 Å². The van der Waals surface area contributed by atoms with Gasteiger partial charge in [0.05, 0.1) is 13.2 Å². The minimum Gasteiger partial charge on any atom is -0.394 e. The molecule has 2 fully saturated rings. The van der Waals surface area contributed by atoms with Crippen molar-refractivity contribution in [3.8, 4) is 0 Å². The van der Waals surface area contributed by atoms with E-state index in [1.807, 2.05) is 0 Å². The number of hydrogen-bond acceptors (Lipinski definition) is 13. The Morgan fingerprint density at radius 1 is 0.622 bits per heavy atom. The highest BCUT2D eigenvalue weighted by atomic mass is 16.8. The average molecular weight is 651 g/mol. The Morgan fingerprint density at radius 3 is 1.49 bits per heavy atom. The van der Waals surface area contributed by atoms with E-state index in [1.165, 1.54) is 0 Å². The predicted octanol–water partition coefficient (Wildman–Crippen LogP) is 0.764. The molecule has 2 heterocycles. The van der Waals surface area contributed by atoms with Gasteiger partial charge in [-0.3, -0.25) is 9.59 Å². The lowest BCUT2D eigenvalue weighted by atomic mass is 9.72. The second kappa shape index (κ2) is 19.0. The van der Waals surface area contributed by atoms with Gasteiger partial charge in [0.1, 0.15) is 43.2 Å². The molecular formula is C32H58O13. The Morgan fingerprint density at radius 2 is 1.04 bits per heavy atom. The van der Waals surface area contributed by atoms with Crippen LogP contribution in [-0.4, -0.2) is 126 Å². The number of ketones is 2. The number of carbonyl (C=O) groups excluding carboxylic acids is 2. The summed E-state index contributed by atoms with van der Waals surface area (Å²) in [6.45, 7) is 1.16. The van der Waals surface area contributed by atoms with E-state index >= 15 is 0 Å². The first-order chi connectivity index (χ1) is 21.5. The van der Waals surface area contributed by atoms with Crippen LogP contribution in [0.5, 0.6) is 0 Å². The fourth-order valence-corrected chi connectivity index (χ4v) is 6.28. The Kier molecular flexibility index (Phi) is 17.0. The van der Waals surface area contributed by atoms with Gasteiger partial charge < -0.3 is 55.1 Å². The summed E-state index contributed by atoms with van der Waals surface area (Å²) >= 11 is 0. The summed E-state index contributed by atoms with van der Waals surface area (Å²) < 4.78 is 17.2. The molecule has 13 nitrogen and oxygen atoms in total. The second-order valence-corrected chi connectivity index (χ2v) is 12.6. The number of Topliss-reactive ketones (excluding diaryl/α,β-unsaturated/α-hetero) is 2. The lowest BCUT2D eigenvalue weighted by molar-refractivity contribution is -0.431. The number of unbranched alkanes of at least 4 members (excludes halogenated alkanes) is 12. The van der Waals surface area contributed by atoms with Crippen molar-refractivity contribution in [2.45, 2.75) is 170 Å². The van der Waals surface area contributed by atoms with Crippen molar-refractivity contribution in [1.82, 2.24) is 0 Å². The van der Waals surface area contributed by atoms with Crippen LogP contribution < -0.4 is 0 Å². The third-order valence-electron chi connectivity index (χ3n) is 9.16. The van der Waals surface area contributed by atoms with Crippen LogP contribution in [-0.2, 0) is 23.8 Å². The van der Waals surface area contributed by atoms with E-state index in [0.717, 1.165) is 64.2 Å². The number of carbonyl (C=O) groups is 2. The summed E-state index contributed by atoms with van der Waals surface area (Å²) in [4.78, 5) is 28.1. The maximum Gasteiger partial charge on any atom is 0.271 e. The van der Waals surface area contributed by atoms with Crippen molar-refractivity contribution >= 4 is 11.6 Å². The average Bonchev–Trinajstić information content (AvgIpc) is 3.28. The van der Waals surface area contributed by atoms with Crippen molar-refractivity contribution < 1.29 is 64.7 Å². The van der Waals surface area contributed by atoms with Crippen LogP contribution in [0.15, 0.2) is 0 Å². The first-order valence-electron chi connectivity index (χ1n) is 16.9. The van der Waals surface area contributed by atoms with Crippen molar-refractivity contribution in [2.75, 3.05) is 19.8 Å². The Balaban J connectivity index is 2.49. The van der Waals surface area contributed by atoms with Crippen LogP contribution in [0, 0.1) is 0 Å². The highest BCUT2D eigenvalue weighted by molar-refractivity contribution is 5.99. The number of aliphatic hydroxyl groups excluding tert-OH is 7. The molecule has 2 aliphatic heterocycles. The van der Waals surface area contributed by atoms with E-state index < -0.39 is 85.2 Å². The molecule has 2 saturated heterocycles. The van der Waals surface area contributed by atoms with Crippen LogP contribution in [0.1, 0.15) is 117 Å². The SMILES string of the molecule is CCCCCCCCCC(=O)[C@@]1(OC2(CO)O[C@H](CO)[C@@H](O)[C@@H]2O)O[C@H](CO)[C@@H](O)[C@H](O)[C@]1(O)C(=O)CCCCCCCCC. The zero-order valence-corrected chi connectivity index (χ0v) is 27.0. The second-order valence-electron chi connectivity index (χ2n) is 12.6. The van der Waals surface area contributed by atoms with Gasteiger partial charge in [-0.25, -0.2) is 0 Å². The number of ether oxygens (including phenoxy) is 3. The predicted molar refractivity (Wildman–Crippen MR) is 162 cm³/mol. The smallest absolute Gasteiger partial charge is 0.271 e. The molecule has 0 saturated carbocycles. The maximum absolute atomic E-state index is 14.2. The van der Waals surface area contributed by atoms with E-state index in [4.69, 9.17) is 14.2 Å². The first-order valence-corrected chi connectivity index (χ1v) is 16.9. The Hall–Kier alpha value is -1.10. The van der Waals surface area contributed by atoms with E-state index in [0.29, 0.717) is 12.8 Å². The summed E-state index contributed by atoms with van der Waals surface area (Å²) in [5.41, 5.74) is -3.27. The largest absolute Gasteiger partial charge is 0.394 e. The normalized spacial score (nSPS) is 35.2. The quantitative estimate of drug-likeness (QED) is 0.0717. The molecule has 1 unspecified atom stereocenters. The van der Waals surface area contributed by atoms with Crippen molar-refractivity contribution in [3.05, 3.63) is 0 Å². The number of rotatable bonds is 23. The highest BCUT2D eigenvalue weighted by Gasteiger charge is 2.74. The standard InChI is InChI=1S/C32H58O13/c1-3-5-7-9-11-13-15-17-24(36)31(42)29(41)27(39)23(20-34)44-32(31,25(37)18-16-14-12-10-8-6-4-2)45-30(21-35)28(40)26(38)22(19-33)43-30/h22-23,26-29,33-35,38-42H,3-21H2,1-2H3/t22-,23-,26-,27-,28+,29+,30?,31-,32+/m1/s1. The molecule has 264 valence electrons. The zero-order valence-electron chi connectivity index (χ0n) is 27.0. The molecule has 0 spiro atoms. The van der Waals surface area contributed by atoms with Gasteiger partial charge >= 0.3 is 0 Å². The molecule has 0 aliphatic carbocycles. The van der Waals surface area contributed by atoms with Gasteiger partial charge in [0.2, 0.25) is 11.4 Å². The summed E-state index contributed by atoms with van der Waals surface area (Å²) in [6, 6.07) is 0. The molecule has 0 aromatic carbocycles. The van der Waals surface area contributed by atoms with Crippen LogP contribution in [0.3, 0.4) is 0 Å². The Labute approximate surface area is 266 Å². The molecule has 8 N–H and O–H groups in total. The molecular weight excluding hydrogens is 592 g/mol. The third-order valence-corrected chi connectivity index (χ3v) is 9.16. The van der Waals surface area contributed by atoms with Gasteiger partial charge in [-0.1, -0.05) is 90.9 Å². The maximum atomic E-state index is 14.2. The molecule has 2 rings (SSSR count). The molecule has 0 amide bonds. The monoisotopic (exact) mass is 650 g/mol. The summed E-state index contributed by atoms with van der Waals surface area (Å²) in [5.74, 6) is -8.04. The summed E-state index contributed by atoms with van der Waals surface area (Å²) in [6.07, 6.45) is -0.671. The van der Waals surface area contributed by atoms with Gasteiger partial charge in [-0.2, -0.15) is 0 Å². The van der Waals surface area contributed by atoms with E-state index in [2.05, 4.69) is 13.8 Å². The van der Waals surface area contributed by atoms with Crippen LogP contribution in [0.25, 0.3) is 0 Å². The molecule has 9 atom stereocenters. The molecule has 2 aliphatic rings. The van der Waals surface area contributed by atoms with Crippen molar-refractivity contribution in [2.24, 2.45) is 0 Å². The molecule has 0 bridgehead atoms. The van der Waals surface area contributed by atoms with Crippen LogP contribution in [0.2, 0.25) is 0 Å². The van der Waals surface area contributed by atoms with Gasteiger partial charge in [0, 0.05) is 12.8 Å². The number of hydrogen-bond donors (Lipinski definition) is 8. The lowest BCUT2D eigenvalue weighted by Crippen LogP contribution is -2.81. The minimum absolute atomic E-state index is 0.265. The first kappa shape index (κ1) is 40.1. The highest BCUT2D eigenvalue weighted by Crippen LogP contribution is 2.47. The molecule has 0 aromatic heterocycles. The molecule has 0 aromatic rings. The van der Waals surface area contributed by atoms with Gasteiger partial charge in [-0.15, -0.1) is 0 Å². The van der Waals surface area contributed by atoms with Crippen molar-refractivity contribution in [1.29, 1.82) is 0 Å². The van der Waals surface area contributed by atoms with Gasteiger partial charge in [-0.05, 0) is 12.8 Å². The topological polar surface area (TPSA) is 224 Å². The fraction of sp³-hybridized carbons (Fsp3) is 0.938. The number of aliphatic hydroxyl groups is 8. The lowest BCUT2D eigenvalue weighted by Gasteiger charge is -2.55. The van der Waals surface area contributed by atoms with E-state index in [9.17, 15) is 50.4 Å². The summed E-state index contributed by atoms with van der Waals surface area (Å²) in [7, 11) is 0. The Bertz CT molecular complexity index is 889. The molecule has 13 heteroatoms. The van der Waals surface area contributed by atoms with Crippen LogP contribution >= 0.6 is 0 Å². The zero-order chi connectivity index (χ0) is 33.7. The fourth-order valence-electron chi connectivity index (χ4n) is 6.28. The summed E-state index contributed by atoms with van der Waals surface area (Å²) in [5, 5.41) is 85.7. The van der Waals surface area contributed by atoms with E-state index in [1.54, 1.807) is 0 Å². The van der Waals surface area contributed by atoms with Crippen molar-refractivity contribution in [3.63, 3.8) is 0 Å². The third kappa shape index (κ3) is 9.08.